The van der Waals surface area contributed by atoms with E-state index in [-0.39, 0.29) is 6.10 Å². The first-order valence-electron chi connectivity index (χ1n) is 5.59. The summed E-state index contributed by atoms with van der Waals surface area (Å²) >= 11 is 0. The van der Waals surface area contributed by atoms with Crippen molar-refractivity contribution < 1.29 is 5.11 Å². The minimum atomic E-state index is -0.139. The van der Waals surface area contributed by atoms with Crippen LogP contribution in [0.4, 0.5) is 0 Å². The fourth-order valence-corrected chi connectivity index (χ4v) is 1.43. The van der Waals surface area contributed by atoms with Gasteiger partial charge in [0.15, 0.2) is 0 Å². The number of imidazole rings is 1. The Bertz CT molecular complexity index is 273. The van der Waals surface area contributed by atoms with E-state index >= 15 is 0 Å². The van der Waals surface area contributed by atoms with E-state index in [0.717, 1.165) is 38.2 Å². The highest BCUT2D eigenvalue weighted by Gasteiger charge is 2.00. The monoisotopic (exact) mass is 211 g/mol. The summed E-state index contributed by atoms with van der Waals surface area (Å²) in [4.78, 5) is 4.22. The minimum Gasteiger partial charge on any atom is -0.393 e. The maximum atomic E-state index is 9.34. The quantitative estimate of drug-likeness (QED) is 0.663. The lowest BCUT2D eigenvalue weighted by molar-refractivity contribution is 0.157. The number of aryl methyl sites for hydroxylation is 1. The normalized spacial score (nSPS) is 13.0. The van der Waals surface area contributed by atoms with Crippen LogP contribution in [0.5, 0.6) is 0 Å². The number of aliphatic hydroxyl groups is 1. The first kappa shape index (κ1) is 12.2. The van der Waals surface area contributed by atoms with Gasteiger partial charge >= 0.3 is 0 Å². The van der Waals surface area contributed by atoms with Crippen molar-refractivity contribution in [1.82, 2.24) is 14.9 Å². The first-order valence-corrected chi connectivity index (χ1v) is 5.59. The van der Waals surface area contributed by atoms with E-state index in [0.29, 0.717) is 0 Å². The van der Waals surface area contributed by atoms with Crippen molar-refractivity contribution in [3.8, 4) is 0 Å². The molecule has 0 aliphatic rings. The number of rotatable bonds is 7. The Labute approximate surface area is 91.3 Å². The van der Waals surface area contributed by atoms with Crippen LogP contribution in [0.15, 0.2) is 12.4 Å². The molecule has 1 aromatic rings. The molecule has 0 radical (unpaired) electrons. The zero-order chi connectivity index (χ0) is 11.1. The van der Waals surface area contributed by atoms with Gasteiger partial charge in [0.25, 0.3) is 0 Å². The summed E-state index contributed by atoms with van der Waals surface area (Å²) < 4.78 is 2.01. The third-order valence-electron chi connectivity index (χ3n) is 2.57. The fourth-order valence-electron chi connectivity index (χ4n) is 1.43. The van der Waals surface area contributed by atoms with Crippen LogP contribution in [-0.4, -0.2) is 27.3 Å². The standard InChI is InChI=1S/C11H21N3O/c1-3-10(15)5-4-6-12-9-11-13-7-8-14(11)2/h7-8,10,12,15H,3-6,9H2,1-2H3. The molecule has 0 aromatic carbocycles. The fraction of sp³-hybridized carbons (Fsp3) is 0.727. The molecule has 0 aliphatic heterocycles. The second-order valence-electron chi connectivity index (χ2n) is 3.84. The lowest BCUT2D eigenvalue weighted by Gasteiger charge is -2.08. The van der Waals surface area contributed by atoms with Gasteiger partial charge in [0.2, 0.25) is 0 Å². The molecular formula is C11H21N3O. The van der Waals surface area contributed by atoms with E-state index in [4.69, 9.17) is 0 Å². The lowest BCUT2D eigenvalue weighted by Crippen LogP contribution is -2.18. The Morgan fingerprint density at radius 2 is 2.40 bits per heavy atom. The van der Waals surface area contributed by atoms with Crippen molar-refractivity contribution in [3.05, 3.63) is 18.2 Å². The number of hydrogen-bond donors (Lipinski definition) is 2. The largest absolute Gasteiger partial charge is 0.393 e. The lowest BCUT2D eigenvalue weighted by atomic mass is 10.1. The Morgan fingerprint density at radius 3 is 3.00 bits per heavy atom. The second kappa shape index (κ2) is 6.58. The first-order chi connectivity index (χ1) is 7.24. The molecule has 1 unspecified atom stereocenters. The predicted octanol–water partition coefficient (Wildman–Crippen LogP) is 1.06. The SMILES string of the molecule is CCC(O)CCCNCc1nccn1C. The Morgan fingerprint density at radius 1 is 1.60 bits per heavy atom. The average Bonchev–Trinajstić information content (AvgIpc) is 2.63. The zero-order valence-corrected chi connectivity index (χ0v) is 9.61. The number of nitrogens with one attached hydrogen (secondary N) is 1. The van der Waals surface area contributed by atoms with Gasteiger partial charge in [0.1, 0.15) is 5.82 Å². The molecule has 0 saturated heterocycles. The van der Waals surface area contributed by atoms with Crippen molar-refractivity contribution in [2.75, 3.05) is 6.54 Å². The number of nitrogens with zero attached hydrogens (tertiary/aromatic N) is 2. The minimum absolute atomic E-state index is 0.139. The molecule has 1 aromatic heterocycles. The molecule has 1 rings (SSSR count). The molecule has 0 aliphatic carbocycles. The molecule has 2 N–H and O–H groups in total. The van der Waals surface area contributed by atoms with Crippen LogP contribution in [-0.2, 0) is 13.6 Å². The summed E-state index contributed by atoms with van der Waals surface area (Å²) in [6.45, 7) is 3.74. The predicted molar refractivity (Wildman–Crippen MR) is 60.4 cm³/mol. The van der Waals surface area contributed by atoms with Crippen LogP contribution >= 0.6 is 0 Å². The van der Waals surface area contributed by atoms with Gasteiger partial charge in [0, 0.05) is 19.4 Å². The molecule has 0 spiro atoms. The molecule has 4 nitrogen and oxygen atoms in total. The van der Waals surface area contributed by atoms with Crippen molar-refractivity contribution >= 4 is 0 Å². The highest BCUT2D eigenvalue weighted by atomic mass is 16.3. The Hall–Kier alpha value is -0.870. The van der Waals surface area contributed by atoms with Gasteiger partial charge in [-0.3, -0.25) is 0 Å². The Balaban J connectivity index is 2.05. The maximum Gasteiger partial charge on any atom is 0.122 e. The van der Waals surface area contributed by atoms with Crippen molar-refractivity contribution in [2.24, 2.45) is 7.05 Å². The average molecular weight is 211 g/mol. The zero-order valence-electron chi connectivity index (χ0n) is 9.61. The van der Waals surface area contributed by atoms with Crippen LogP contribution < -0.4 is 5.32 Å². The molecule has 0 bridgehead atoms. The molecule has 4 heteroatoms. The molecular weight excluding hydrogens is 190 g/mol. The highest BCUT2D eigenvalue weighted by molar-refractivity contribution is 4.90. The van der Waals surface area contributed by atoms with Gasteiger partial charge in [-0.25, -0.2) is 4.98 Å². The van der Waals surface area contributed by atoms with E-state index in [1.165, 1.54) is 0 Å². The number of aliphatic hydroxyl groups excluding tert-OH is 1. The van der Waals surface area contributed by atoms with Gasteiger partial charge in [0.05, 0.1) is 12.6 Å². The van der Waals surface area contributed by atoms with Gasteiger partial charge in [-0.15, -0.1) is 0 Å². The van der Waals surface area contributed by atoms with Gasteiger partial charge in [-0.2, -0.15) is 0 Å². The molecule has 86 valence electrons. The number of hydrogen-bond acceptors (Lipinski definition) is 3. The van der Waals surface area contributed by atoms with E-state index in [9.17, 15) is 5.11 Å². The summed E-state index contributed by atoms with van der Waals surface area (Å²) in [5.41, 5.74) is 0. The van der Waals surface area contributed by atoms with Crippen LogP contribution in [0.25, 0.3) is 0 Å². The van der Waals surface area contributed by atoms with Crippen LogP contribution in [0, 0.1) is 0 Å². The van der Waals surface area contributed by atoms with E-state index < -0.39 is 0 Å². The van der Waals surface area contributed by atoms with Crippen molar-refractivity contribution in [3.63, 3.8) is 0 Å². The maximum absolute atomic E-state index is 9.34. The van der Waals surface area contributed by atoms with Crippen molar-refractivity contribution in [1.29, 1.82) is 0 Å². The van der Waals surface area contributed by atoms with Crippen LogP contribution in [0.1, 0.15) is 32.0 Å². The smallest absolute Gasteiger partial charge is 0.122 e. The Kier molecular flexibility index (Phi) is 5.36. The molecule has 1 atom stereocenters. The molecule has 0 saturated carbocycles. The summed E-state index contributed by atoms with van der Waals surface area (Å²) in [6.07, 6.45) is 6.35. The third-order valence-corrected chi connectivity index (χ3v) is 2.57. The van der Waals surface area contributed by atoms with Crippen LogP contribution in [0.3, 0.4) is 0 Å². The highest BCUT2D eigenvalue weighted by Crippen LogP contribution is 2.00. The summed E-state index contributed by atoms with van der Waals surface area (Å²) in [5, 5.41) is 12.7. The molecule has 0 amide bonds. The summed E-state index contributed by atoms with van der Waals surface area (Å²) in [7, 11) is 1.99. The molecule has 0 fully saturated rings. The topological polar surface area (TPSA) is 50.1 Å². The second-order valence-corrected chi connectivity index (χ2v) is 3.84. The van der Waals surface area contributed by atoms with Crippen molar-refractivity contribution in [2.45, 2.75) is 38.8 Å². The van der Waals surface area contributed by atoms with E-state index in [2.05, 4.69) is 10.3 Å². The van der Waals surface area contributed by atoms with Gasteiger partial charge < -0.3 is 15.0 Å². The molecule has 15 heavy (non-hydrogen) atoms. The van der Waals surface area contributed by atoms with E-state index in [1.54, 1.807) is 6.20 Å². The number of aromatic nitrogens is 2. The third kappa shape index (κ3) is 4.44. The van der Waals surface area contributed by atoms with Gasteiger partial charge in [-0.1, -0.05) is 6.92 Å². The summed E-state index contributed by atoms with van der Waals surface area (Å²) in [5.74, 6) is 1.05. The van der Waals surface area contributed by atoms with Crippen LogP contribution in [0.2, 0.25) is 0 Å². The van der Waals surface area contributed by atoms with Gasteiger partial charge in [-0.05, 0) is 25.8 Å². The summed E-state index contributed by atoms with van der Waals surface area (Å²) in [6, 6.07) is 0. The molecule has 1 heterocycles. The van der Waals surface area contributed by atoms with E-state index in [1.807, 2.05) is 24.7 Å².